The summed E-state index contributed by atoms with van der Waals surface area (Å²) in [5, 5.41) is 9.47. The number of carbonyl (C=O) groups is 2. The Morgan fingerprint density at radius 1 is 1.04 bits per heavy atom. The number of nitrogens with one attached hydrogen (secondary N) is 3. The predicted molar refractivity (Wildman–Crippen MR) is 103 cm³/mol. The van der Waals surface area contributed by atoms with Crippen LogP contribution in [0.2, 0.25) is 0 Å². The molecular weight excluding hydrogens is 326 g/mol. The van der Waals surface area contributed by atoms with Crippen molar-refractivity contribution in [1.29, 1.82) is 0 Å². The third-order valence-electron chi connectivity index (χ3n) is 5.73. The Morgan fingerprint density at radius 2 is 1.77 bits per heavy atom. The highest BCUT2D eigenvalue weighted by atomic mass is 16.2. The van der Waals surface area contributed by atoms with Crippen molar-refractivity contribution in [1.82, 2.24) is 16.0 Å². The quantitative estimate of drug-likeness (QED) is 0.731. The maximum atomic E-state index is 12.5. The molecule has 1 heterocycles. The molecule has 2 amide bonds. The van der Waals surface area contributed by atoms with Gasteiger partial charge >= 0.3 is 0 Å². The minimum atomic E-state index is -0.138. The lowest BCUT2D eigenvalue weighted by Gasteiger charge is -2.29. The average Bonchev–Trinajstić information content (AvgIpc) is 2.70. The van der Waals surface area contributed by atoms with E-state index < -0.39 is 0 Å². The smallest absolute Gasteiger partial charge is 0.237 e. The van der Waals surface area contributed by atoms with Crippen molar-refractivity contribution in [3.8, 4) is 0 Å². The Hall–Kier alpha value is -1.88. The zero-order valence-electron chi connectivity index (χ0n) is 15.7. The summed E-state index contributed by atoms with van der Waals surface area (Å²) in [7, 11) is 0. The van der Waals surface area contributed by atoms with Gasteiger partial charge in [-0.15, -0.1) is 0 Å². The molecule has 0 saturated heterocycles. The van der Waals surface area contributed by atoms with E-state index in [1.165, 1.54) is 11.1 Å². The van der Waals surface area contributed by atoms with Crippen molar-refractivity contribution in [3.05, 3.63) is 35.4 Å². The third-order valence-corrected chi connectivity index (χ3v) is 5.73. The van der Waals surface area contributed by atoms with Gasteiger partial charge in [0, 0.05) is 25.6 Å². The van der Waals surface area contributed by atoms with Crippen LogP contribution >= 0.6 is 0 Å². The molecule has 1 aromatic rings. The minimum Gasteiger partial charge on any atom is -0.356 e. The number of amides is 2. The molecular formula is C21H31N3O2. The largest absolute Gasteiger partial charge is 0.356 e. The first kappa shape index (κ1) is 18.9. The molecule has 1 saturated carbocycles. The zero-order chi connectivity index (χ0) is 18.4. The fourth-order valence-corrected chi connectivity index (χ4v) is 4.03. The maximum Gasteiger partial charge on any atom is 0.237 e. The van der Waals surface area contributed by atoms with E-state index in [0.29, 0.717) is 5.92 Å². The Labute approximate surface area is 156 Å². The van der Waals surface area contributed by atoms with Gasteiger partial charge in [-0.1, -0.05) is 31.2 Å². The molecule has 5 nitrogen and oxygen atoms in total. The van der Waals surface area contributed by atoms with E-state index in [0.717, 1.165) is 58.2 Å². The number of fused-ring (bicyclic) bond motifs is 1. The summed E-state index contributed by atoms with van der Waals surface area (Å²) in [6, 6.07) is 8.17. The molecule has 1 aliphatic heterocycles. The van der Waals surface area contributed by atoms with Crippen LogP contribution in [-0.2, 0) is 22.6 Å². The molecule has 26 heavy (non-hydrogen) atoms. The first-order valence-electron chi connectivity index (χ1n) is 10.0. The van der Waals surface area contributed by atoms with Crippen molar-refractivity contribution in [2.45, 2.75) is 58.0 Å². The lowest BCUT2D eigenvalue weighted by atomic mass is 9.81. The van der Waals surface area contributed by atoms with Gasteiger partial charge in [-0.2, -0.15) is 0 Å². The summed E-state index contributed by atoms with van der Waals surface area (Å²) in [5.74, 6) is 0.955. The molecule has 0 aromatic heterocycles. The molecule has 3 rings (SSSR count). The Kier molecular flexibility index (Phi) is 6.67. The second kappa shape index (κ2) is 9.17. The Morgan fingerprint density at radius 3 is 2.50 bits per heavy atom. The van der Waals surface area contributed by atoms with Crippen molar-refractivity contribution >= 4 is 11.8 Å². The number of carbonyl (C=O) groups excluding carboxylic acids is 2. The van der Waals surface area contributed by atoms with Gasteiger partial charge < -0.3 is 16.0 Å². The summed E-state index contributed by atoms with van der Waals surface area (Å²) in [6.45, 7) is 4.32. The van der Waals surface area contributed by atoms with Crippen LogP contribution in [0, 0.1) is 11.8 Å². The van der Waals surface area contributed by atoms with Gasteiger partial charge in [0.2, 0.25) is 11.8 Å². The van der Waals surface area contributed by atoms with Crippen molar-refractivity contribution < 1.29 is 9.59 Å². The van der Waals surface area contributed by atoms with Gasteiger partial charge in [-0.3, -0.25) is 9.59 Å². The molecule has 142 valence electrons. The average molecular weight is 357 g/mol. The molecule has 2 aliphatic rings. The van der Waals surface area contributed by atoms with E-state index in [2.05, 4.69) is 35.0 Å². The Balaban J connectivity index is 1.39. The first-order chi connectivity index (χ1) is 12.7. The number of rotatable bonds is 6. The summed E-state index contributed by atoms with van der Waals surface area (Å²) in [4.78, 5) is 24.6. The molecule has 0 spiro atoms. The van der Waals surface area contributed by atoms with E-state index in [9.17, 15) is 9.59 Å². The van der Waals surface area contributed by atoms with Crippen LogP contribution in [0.25, 0.3) is 0 Å². The summed E-state index contributed by atoms with van der Waals surface area (Å²) in [5.41, 5.74) is 2.56. The molecule has 0 unspecified atom stereocenters. The van der Waals surface area contributed by atoms with E-state index >= 15 is 0 Å². The van der Waals surface area contributed by atoms with E-state index in [1.54, 1.807) is 0 Å². The summed E-state index contributed by atoms with van der Waals surface area (Å²) in [6.07, 6.45) is 5.65. The highest BCUT2D eigenvalue weighted by Gasteiger charge is 2.28. The minimum absolute atomic E-state index is 0.0994. The topological polar surface area (TPSA) is 70.2 Å². The van der Waals surface area contributed by atoms with Crippen LogP contribution in [0.3, 0.4) is 0 Å². The number of hydrogen-bond donors (Lipinski definition) is 3. The van der Waals surface area contributed by atoms with Crippen LogP contribution in [0.5, 0.6) is 0 Å². The van der Waals surface area contributed by atoms with Crippen molar-refractivity contribution in [2.24, 2.45) is 11.8 Å². The van der Waals surface area contributed by atoms with Gasteiger partial charge in [0.15, 0.2) is 0 Å². The van der Waals surface area contributed by atoms with Crippen molar-refractivity contribution in [3.63, 3.8) is 0 Å². The molecule has 0 bridgehead atoms. The van der Waals surface area contributed by atoms with E-state index in [-0.39, 0.29) is 23.8 Å². The molecule has 1 fully saturated rings. The second-order valence-corrected chi connectivity index (χ2v) is 7.66. The van der Waals surface area contributed by atoms with Gasteiger partial charge in [0.05, 0.1) is 6.04 Å². The number of hydrogen-bond acceptors (Lipinski definition) is 3. The van der Waals surface area contributed by atoms with E-state index in [4.69, 9.17) is 0 Å². The van der Waals surface area contributed by atoms with E-state index in [1.807, 2.05) is 12.1 Å². The van der Waals surface area contributed by atoms with Crippen LogP contribution < -0.4 is 16.0 Å². The van der Waals surface area contributed by atoms with Gasteiger partial charge in [-0.25, -0.2) is 0 Å². The fourth-order valence-electron chi connectivity index (χ4n) is 4.03. The monoisotopic (exact) mass is 357 g/mol. The Bertz CT molecular complexity index is 623. The third kappa shape index (κ3) is 4.85. The van der Waals surface area contributed by atoms with Gasteiger partial charge in [-0.05, 0) is 55.6 Å². The fraction of sp³-hybridized carbons (Fsp3) is 0.619. The highest BCUT2D eigenvalue weighted by Crippen LogP contribution is 2.28. The van der Waals surface area contributed by atoms with Crippen LogP contribution in [0.15, 0.2) is 24.3 Å². The number of benzene rings is 1. The molecule has 1 aromatic carbocycles. The van der Waals surface area contributed by atoms with Crippen LogP contribution in [0.4, 0.5) is 0 Å². The molecule has 1 atom stereocenters. The summed E-state index contributed by atoms with van der Waals surface area (Å²) < 4.78 is 0. The molecule has 5 heteroatoms. The maximum absolute atomic E-state index is 12.5. The molecule has 3 N–H and O–H groups in total. The van der Waals surface area contributed by atoms with Gasteiger partial charge in [0.25, 0.3) is 0 Å². The standard InChI is InChI=1S/C21H31N3O2/c1-2-11-22-20(25)16-9-7-15(8-10-16)13-24-21(26)19-12-17-5-3-4-6-18(17)14-23-19/h3-6,15-16,19,23H,2,7-14H2,1H3,(H,22,25)(H,24,26)/t15?,16?,19-/m1/s1. The van der Waals surface area contributed by atoms with Gasteiger partial charge in [0.1, 0.15) is 0 Å². The molecule has 1 aliphatic carbocycles. The normalized spacial score (nSPS) is 25.2. The highest BCUT2D eigenvalue weighted by molar-refractivity contribution is 5.82. The first-order valence-corrected chi connectivity index (χ1v) is 10.0. The lowest BCUT2D eigenvalue weighted by molar-refractivity contribution is -0.127. The summed E-state index contributed by atoms with van der Waals surface area (Å²) >= 11 is 0. The predicted octanol–water partition coefficient (Wildman–Crippen LogP) is 2.15. The zero-order valence-corrected chi connectivity index (χ0v) is 15.7. The van der Waals surface area contributed by atoms with Crippen LogP contribution in [0.1, 0.15) is 50.2 Å². The molecule has 0 radical (unpaired) electrons. The second-order valence-electron chi connectivity index (χ2n) is 7.66. The van der Waals surface area contributed by atoms with Crippen LogP contribution in [-0.4, -0.2) is 30.9 Å². The van der Waals surface area contributed by atoms with Crippen molar-refractivity contribution in [2.75, 3.05) is 13.1 Å². The SMILES string of the molecule is CCCNC(=O)C1CCC(CNC(=O)[C@H]2Cc3ccccc3CN2)CC1. The lowest BCUT2D eigenvalue weighted by Crippen LogP contribution is -2.48.